The average Bonchev–Trinajstić information content (AvgIpc) is 3.06. The number of hydrogen-bond donors (Lipinski definition) is 3. The van der Waals surface area contributed by atoms with Gasteiger partial charge in [0.05, 0.1) is 11.0 Å². The van der Waals surface area contributed by atoms with Crippen LogP contribution in [0.15, 0.2) is 42.5 Å². The molecule has 5 heteroatoms. The number of rotatable bonds is 5. The van der Waals surface area contributed by atoms with Crippen molar-refractivity contribution >= 4 is 16.9 Å². The number of hydrogen-bond acceptors (Lipinski definition) is 3. The second-order valence-electron chi connectivity index (χ2n) is 7.41. The van der Waals surface area contributed by atoms with Gasteiger partial charge in [0.2, 0.25) is 0 Å². The van der Waals surface area contributed by atoms with Gasteiger partial charge in [0.25, 0.3) is 5.91 Å². The molecule has 1 fully saturated rings. The Labute approximate surface area is 159 Å². The molecule has 4 rings (SSSR count). The Bertz CT molecular complexity index is 940. The summed E-state index contributed by atoms with van der Waals surface area (Å²) < 4.78 is 0. The summed E-state index contributed by atoms with van der Waals surface area (Å²) in [6, 6.07) is 14.1. The first-order valence-electron chi connectivity index (χ1n) is 9.71. The fourth-order valence-corrected chi connectivity index (χ4v) is 3.89. The van der Waals surface area contributed by atoms with Crippen molar-refractivity contribution in [2.45, 2.75) is 32.7 Å². The summed E-state index contributed by atoms with van der Waals surface area (Å²) in [7, 11) is 0. The van der Waals surface area contributed by atoms with Crippen LogP contribution in [0.3, 0.4) is 0 Å². The van der Waals surface area contributed by atoms with E-state index in [0.29, 0.717) is 12.5 Å². The molecule has 140 valence electrons. The number of aryl methyl sites for hydroxylation is 1. The number of aromatic amines is 1. The lowest BCUT2D eigenvalue weighted by Crippen LogP contribution is -2.29. The lowest BCUT2D eigenvalue weighted by molar-refractivity contribution is 0.0949. The molecule has 0 spiro atoms. The maximum Gasteiger partial charge on any atom is 0.251 e. The molecule has 0 atom stereocenters. The average molecular weight is 362 g/mol. The maximum atomic E-state index is 12.8. The van der Waals surface area contributed by atoms with E-state index >= 15 is 0 Å². The van der Waals surface area contributed by atoms with Gasteiger partial charge in [-0.05, 0) is 74.5 Å². The van der Waals surface area contributed by atoms with Crippen LogP contribution in [0.25, 0.3) is 11.0 Å². The third kappa shape index (κ3) is 4.19. The Kier molecular flexibility index (Phi) is 5.21. The van der Waals surface area contributed by atoms with E-state index in [4.69, 9.17) is 0 Å². The highest BCUT2D eigenvalue weighted by molar-refractivity contribution is 5.95. The van der Waals surface area contributed by atoms with Gasteiger partial charge in [0.15, 0.2) is 0 Å². The molecule has 0 unspecified atom stereocenters. The van der Waals surface area contributed by atoms with Crippen LogP contribution < -0.4 is 10.6 Å². The molecule has 2 aromatic carbocycles. The number of piperidine rings is 1. The van der Waals surface area contributed by atoms with Crippen molar-refractivity contribution < 1.29 is 4.79 Å². The molecule has 27 heavy (non-hydrogen) atoms. The van der Waals surface area contributed by atoms with Crippen molar-refractivity contribution in [1.82, 2.24) is 20.6 Å². The molecule has 2 heterocycles. The summed E-state index contributed by atoms with van der Waals surface area (Å²) >= 11 is 0. The van der Waals surface area contributed by atoms with Crippen LogP contribution in [0.2, 0.25) is 0 Å². The van der Waals surface area contributed by atoms with Crippen LogP contribution >= 0.6 is 0 Å². The van der Waals surface area contributed by atoms with Crippen molar-refractivity contribution in [3.05, 3.63) is 65.0 Å². The first kappa shape index (κ1) is 17.7. The number of imidazole rings is 1. The first-order valence-corrected chi connectivity index (χ1v) is 9.71. The molecule has 3 N–H and O–H groups in total. The van der Waals surface area contributed by atoms with Crippen LogP contribution in [-0.4, -0.2) is 29.0 Å². The number of fused-ring (bicyclic) bond motifs is 1. The van der Waals surface area contributed by atoms with E-state index in [1.165, 1.54) is 12.8 Å². The van der Waals surface area contributed by atoms with Gasteiger partial charge in [0, 0.05) is 12.1 Å². The third-order valence-corrected chi connectivity index (χ3v) is 5.35. The Balaban J connectivity index is 1.44. The Morgan fingerprint density at radius 1 is 1.19 bits per heavy atom. The first-order chi connectivity index (χ1) is 13.2. The number of carbonyl (C=O) groups excluding carboxylic acids is 1. The highest BCUT2D eigenvalue weighted by atomic mass is 16.1. The highest BCUT2D eigenvalue weighted by Gasteiger charge is 2.17. The monoisotopic (exact) mass is 362 g/mol. The van der Waals surface area contributed by atoms with E-state index in [-0.39, 0.29) is 5.91 Å². The smallest absolute Gasteiger partial charge is 0.251 e. The molecule has 1 amide bonds. The molecule has 1 aliphatic rings. The molecule has 0 radical (unpaired) electrons. The molecule has 1 saturated heterocycles. The molecule has 1 aliphatic heterocycles. The second kappa shape index (κ2) is 7.92. The highest BCUT2D eigenvalue weighted by Crippen LogP contribution is 2.21. The van der Waals surface area contributed by atoms with Crippen molar-refractivity contribution in [2.75, 3.05) is 13.1 Å². The zero-order chi connectivity index (χ0) is 18.6. The van der Waals surface area contributed by atoms with Gasteiger partial charge in [-0.1, -0.05) is 24.3 Å². The molecular formula is C22H26N4O. The van der Waals surface area contributed by atoms with Gasteiger partial charge in [-0.25, -0.2) is 4.98 Å². The lowest BCUT2D eigenvalue weighted by atomic mass is 9.89. The van der Waals surface area contributed by atoms with Crippen molar-refractivity contribution in [3.63, 3.8) is 0 Å². The molecule has 0 bridgehead atoms. The van der Waals surface area contributed by atoms with Gasteiger partial charge in [-0.15, -0.1) is 0 Å². The predicted molar refractivity (Wildman–Crippen MR) is 108 cm³/mol. The quantitative estimate of drug-likeness (QED) is 0.652. The largest absolute Gasteiger partial charge is 0.348 e. The summed E-state index contributed by atoms with van der Waals surface area (Å²) in [5.74, 6) is 1.56. The molecule has 5 nitrogen and oxygen atoms in total. The van der Waals surface area contributed by atoms with Gasteiger partial charge in [0.1, 0.15) is 5.82 Å². The Morgan fingerprint density at radius 2 is 2.00 bits per heavy atom. The maximum absolute atomic E-state index is 12.8. The van der Waals surface area contributed by atoms with E-state index in [9.17, 15) is 4.79 Å². The SMILES string of the molecule is Cc1nc2ccc(CNC(=O)c3ccccc3CC3CCNCC3)cc2[nH]1. The zero-order valence-electron chi connectivity index (χ0n) is 15.7. The number of H-pyrrole nitrogens is 1. The van der Waals surface area contributed by atoms with Gasteiger partial charge in [-0.3, -0.25) is 4.79 Å². The minimum Gasteiger partial charge on any atom is -0.348 e. The topological polar surface area (TPSA) is 69.8 Å². The van der Waals surface area contributed by atoms with E-state index in [1.54, 1.807) is 0 Å². The van der Waals surface area contributed by atoms with E-state index in [0.717, 1.165) is 53.1 Å². The number of aromatic nitrogens is 2. The summed E-state index contributed by atoms with van der Waals surface area (Å²) in [4.78, 5) is 20.5. The van der Waals surface area contributed by atoms with Gasteiger partial charge >= 0.3 is 0 Å². The zero-order valence-corrected chi connectivity index (χ0v) is 15.7. The standard InChI is InChI=1S/C22H26N4O/c1-15-25-20-7-6-17(13-21(20)26-15)14-24-22(27)19-5-3-2-4-18(19)12-16-8-10-23-11-9-16/h2-7,13,16,23H,8-12,14H2,1H3,(H,24,27)(H,25,26). The number of amides is 1. The van der Waals surface area contributed by atoms with Crippen LogP contribution in [0.5, 0.6) is 0 Å². The summed E-state index contributed by atoms with van der Waals surface area (Å²) in [5.41, 5.74) is 4.98. The van der Waals surface area contributed by atoms with Gasteiger partial charge in [-0.2, -0.15) is 0 Å². The minimum absolute atomic E-state index is 0.000391. The van der Waals surface area contributed by atoms with E-state index < -0.39 is 0 Å². The lowest BCUT2D eigenvalue weighted by Gasteiger charge is -2.23. The van der Waals surface area contributed by atoms with Crippen molar-refractivity contribution in [2.24, 2.45) is 5.92 Å². The Morgan fingerprint density at radius 3 is 2.85 bits per heavy atom. The number of nitrogens with zero attached hydrogens (tertiary/aromatic N) is 1. The fourth-order valence-electron chi connectivity index (χ4n) is 3.89. The second-order valence-corrected chi connectivity index (χ2v) is 7.41. The van der Waals surface area contributed by atoms with Gasteiger partial charge < -0.3 is 15.6 Å². The van der Waals surface area contributed by atoms with E-state index in [2.05, 4.69) is 32.7 Å². The third-order valence-electron chi connectivity index (χ3n) is 5.35. The van der Waals surface area contributed by atoms with Crippen molar-refractivity contribution in [1.29, 1.82) is 0 Å². The normalized spacial score (nSPS) is 15.1. The number of nitrogens with one attached hydrogen (secondary N) is 3. The number of carbonyl (C=O) groups is 1. The molecule has 3 aromatic rings. The summed E-state index contributed by atoms with van der Waals surface area (Å²) in [5, 5.41) is 6.48. The van der Waals surface area contributed by atoms with Crippen molar-refractivity contribution in [3.8, 4) is 0 Å². The molecule has 1 aromatic heterocycles. The molecule has 0 aliphatic carbocycles. The minimum atomic E-state index is 0.000391. The van der Waals surface area contributed by atoms with E-state index in [1.807, 2.05) is 37.3 Å². The summed E-state index contributed by atoms with van der Waals surface area (Å²) in [6.07, 6.45) is 3.34. The molecular weight excluding hydrogens is 336 g/mol. The van der Waals surface area contributed by atoms with Crippen LogP contribution in [0, 0.1) is 12.8 Å². The fraction of sp³-hybridized carbons (Fsp3) is 0.364. The van der Waals surface area contributed by atoms with Crippen LogP contribution in [0.1, 0.15) is 40.2 Å². The van der Waals surface area contributed by atoms with Crippen LogP contribution in [0.4, 0.5) is 0 Å². The summed E-state index contributed by atoms with van der Waals surface area (Å²) in [6.45, 7) is 4.61. The Hall–Kier alpha value is -2.66. The predicted octanol–water partition coefficient (Wildman–Crippen LogP) is 3.34. The number of benzene rings is 2. The molecule has 0 saturated carbocycles. The van der Waals surface area contributed by atoms with Crippen LogP contribution in [-0.2, 0) is 13.0 Å².